The maximum atomic E-state index is 10.9. The van der Waals surface area contributed by atoms with Gasteiger partial charge in [0, 0.05) is 24.3 Å². The SMILES string of the molecule is O=[N+]([O-])c1cccc2c1cc[n+]1ccccc21. The molecule has 3 rings (SSSR count). The van der Waals surface area contributed by atoms with Crippen LogP contribution in [0.5, 0.6) is 0 Å². The standard InChI is InChI=1S/C13H9N2O2/c16-15(17)13-6-3-4-10-11(13)7-9-14-8-2-1-5-12(10)14/h1-9H/q+1. The molecule has 4 heteroatoms. The number of hydrogen-bond acceptors (Lipinski definition) is 2. The molecular formula is C13H9N2O2+. The summed E-state index contributed by atoms with van der Waals surface area (Å²) >= 11 is 0. The molecule has 2 aromatic heterocycles. The van der Waals surface area contributed by atoms with Crippen LogP contribution in [0.4, 0.5) is 5.69 Å². The lowest BCUT2D eigenvalue weighted by Gasteiger charge is -1.99. The molecule has 1 aromatic carbocycles. The molecule has 0 radical (unpaired) electrons. The molecular weight excluding hydrogens is 216 g/mol. The largest absolute Gasteiger partial charge is 0.277 e. The fourth-order valence-electron chi connectivity index (χ4n) is 2.08. The molecule has 0 aliphatic rings. The lowest BCUT2D eigenvalue weighted by Crippen LogP contribution is -2.19. The van der Waals surface area contributed by atoms with Crippen molar-refractivity contribution in [2.75, 3.05) is 0 Å². The summed E-state index contributed by atoms with van der Waals surface area (Å²) in [5.41, 5.74) is 1.11. The average Bonchev–Trinajstić information content (AvgIpc) is 2.37. The average molecular weight is 225 g/mol. The van der Waals surface area contributed by atoms with Crippen molar-refractivity contribution in [1.82, 2.24) is 0 Å². The van der Waals surface area contributed by atoms with E-state index in [1.165, 1.54) is 6.07 Å². The number of nitro benzene ring substituents is 1. The second-order valence-corrected chi connectivity index (χ2v) is 3.80. The number of rotatable bonds is 1. The van der Waals surface area contributed by atoms with Gasteiger partial charge >= 0.3 is 0 Å². The van der Waals surface area contributed by atoms with E-state index < -0.39 is 0 Å². The Morgan fingerprint density at radius 3 is 2.65 bits per heavy atom. The molecule has 0 bridgehead atoms. The maximum Gasteiger partial charge on any atom is 0.277 e. The van der Waals surface area contributed by atoms with Crippen LogP contribution in [0, 0.1) is 10.1 Å². The summed E-state index contributed by atoms with van der Waals surface area (Å²) < 4.78 is 1.95. The third kappa shape index (κ3) is 1.42. The van der Waals surface area contributed by atoms with E-state index in [0.29, 0.717) is 5.39 Å². The number of nitrogens with zero attached hydrogens (tertiary/aromatic N) is 2. The van der Waals surface area contributed by atoms with E-state index in [2.05, 4.69) is 0 Å². The Morgan fingerprint density at radius 1 is 0.941 bits per heavy atom. The number of benzene rings is 1. The zero-order valence-electron chi connectivity index (χ0n) is 8.91. The predicted octanol–water partition coefficient (Wildman–Crippen LogP) is 2.49. The van der Waals surface area contributed by atoms with Gasteiger partial charge in [-0.2, -0.15) is 4.40 Å². The highest BCUT2D eigenvalue weighted by molar-refractivity contribution is 5.98. The van der Waals surface area contributed by atoms with Gasteiger partial charge in [0.2, 0.25) is 5.52 Å². The number of hydrogen-bond donors (Lipinski definition) is 0. The van der Waals surface area contributed by atoms with Gasteiger partial charge in [-0.3, -0.25) is 10.1 Å². The lowest BCUT2D eigenvalue weighted by molar-refractivity contribution is -0.510. The number of fused-ring (bicyclic) bond motifs is 3. The minimum absolute atomic E-state index is 0.147. The molecule has 0 unspecified atom stereocenters. The molecule has 17 heavy (non-hydrogen) atoms. The highest BCUT2D eigenvalue weighted by Gasteiger charge is 2.15. The molecule has 82 valence electrons. The first-order valence-corrected chi connectivity index (χ1v) is 5.23. The molecule has 0 aliphatic carbocycles. The Bertz CT molecular complexity index is 738. The first-order chi connectivity index (χ1) is 8.27. The number of pyridine rings is 2. The lowest BCUT2D eigenvalue weighted by atomic mass is 10.1. The van der Waals surface area contributed by atoms with Crippen LogP contribution in [-0.4, -0.2) is 4.92 Å². The molecule has 2 heterocycles. The minimum atomic E-state index is -0.345. The van der Waals surface area contributed by atoms with Crippen LogP contribution in [0.15, 0.2) is 54.9 Å². The number of nitro groups is 1. The summed E-state index contributed by atoms with van der Waals surface area (Å²) in [4.78, 5) is 10.6. The third-order valence-electron chi connectivity index (χ3n) is 2.85. The van der Waals surface area contributed by atoms with Crippen molar-refractivity contribution in [1.29, 1.82) is 0 Å². The van der Waals surface area contributed by atoms with Gasteiger partial charge in [-0.15, -0.1) is 0 Å². The second kappa shape index (κ2) is 3.52. The predicted molar refractivity (Wildman–Crippen MR) is 63.8 cm³/mol. The summed E-state index contributed by atoms with van der Waals surface area (Å²) in [7, 11) is 0. The van der Waals surface area contributed by atoms with E-state index in [0.717, 1.165) is 10.9 Å². The van der Waals surface area contributed by atoms with Crippen LogP contribution in [0.25, 0.3) is 16.3 Å². The van der Waals surface area contributed by atoms with Crippen LogP contribution in [0.2, 0.25) is 0 Å². The molecule has 0 saturated heterocycles. The molecule has 0 spiro atoms. The van der Waals surface area contributed by atoms with Crippen LogP contribution in [0.1, 0.15) is 0 Å². The first-order valence-electron chi connectivity index (χ1n) is 5.23. The Morgan fingerprint density at radius 2 is 1.82 bits per heavy atom. The van der Waals surface area contributed by atoms with Crippen molar-refractivity contribution in [3.05, 3.63) is 65.0 Å². The van der Waals surface area contributed by atoms with Gasteiger partial charge in [-0.05, 0) is 12.1 Å². The van der Waals surface area contributed by atoms with Crippen LogP contribution < -0.4 is 4.40 Å². The minimum Gasteiger partial charge on any atom is -0.258 e. The summed E-state index contributed by atoms with van der Waals surface area (Å²) in [6.07, 6.45) is 3.76. The Labute approximate surface area is 96.9 Å². The molecule has 0 N–H and O–H groups in total. The van der Waals surface area contributed by atoms with Crippen LogP contribution in [0.3, 0.4) is 0 Å². The van der Waals surface area contributed by atoms with Gasteiger partial charge in [0.1, 0.15) is 0 Å². The highest BCUT2D eigenvalue weighted by atomic mass is 16.6. The van der Waals surface area contributed by atoms with Crippen molar-refractivity contribution in [3.63, 3.8) is 0 Å². The van der Waals surface area contributed by atoms with Crippen LogP contribution in [-0.2, 0) is 0 Å². The van der Waals surface area contributed by atoms with Gasteiger partial charge in [-0.25, -0.2) is 0 Å². The number of aromatic nitrogens is 1. The van der Waals surface area contributed by atoms with E-state index in [1.54, 1.807) is 12.1 Å². The molecule has 4 nitrogen and oxygen atoms in total. The highest BCUT2D eigenvalue weighted by Crippen LogP contribution is 2.26. The van der Waals surface area contributed by atoms with Crippen LogP contribution >= 0.6 is 0 Å². The fourth-order valence-corrected chi connectivity index (χ4v) is 2.08. The van der Waals surface area contributed by atoms with Crippen molar-refractivity contribution in [2.24, 2.45) is 0 Å². The van der Waals surface area contributed by atoms with Crippen molar-refractivity contribution < 1.29 is 9.32 Å². The molecule has 3 aromatic rings. The fraction of sp³-hybridized carbons (Fsp3) is 0. The molecule has 0 amide bonds. The molecule has 0 atom stereocenters. The maximum absolute atomic E-state index is 10.9. The number of non-ortho nitro benzene ring substituents is 1. The van der Waals surface area contributed by atoms with Gasteiger partial charge in [0.05, 0.1) is 15.7 Å². The van der Waals surface area contributed by atoms with E-state index in [9.17, 15) is 10.1 Å². The van der Waals surface area contributed by atoms with Crippen molar-refractivity contribution in [3.8, 4) is 0 Å². The topological polar surface area (TPSA) is 47.2 Å². The molecule has 0 aliphatic heterocycles. The van der Waals surface area contributed by atoms with E-state index in [1.807, 2.05) is 41.1 Å². The van der Waals surface area contributed by atoms with Gasteiger partial charge in [-0.1, -0.05) is 6.07 Å². The first kappa shape index (κ1) is 9.72. The smallest absolute Gasteiger partial charge is 0.258 e. The zero-order valence-corrected chi connectivity index (χ0v) is 8.91. The van der Waals surface area contributed by atoms with Gasteiger partial charge in [0.15, 0.2) is 12.4 Å². The van der Waals surface area contributed by atoms with Gasteiger partial charge < -0.3 is 0 Å². The zero-order chi connectivity index (χ0) is 11.8. The van der Waals surface area contributed by atoms with Gasteiger partial charge in [0.25, 0.3) is 5.69 Å². The molecule has 0 saturated carbocycles. The molecule has 0 fully saturated rings. The van der Waals surface area contributed by atoms with E-state index in [4.69, 9.17) is 0 Å². The summed E-state index contributed by atoms with van der Waals surface area (Å²) in [6, 6.07) is 12.7. The summed E-state index contributed by atoms with van der Waals surface area (Å²) in [5, 5.41) is 12.5. The Kier molecular flexibility index (Phi) is 2.01. The monoisotopic (exact) mass is 225 g/mol. The Balaban J connectivity index is 2.52. The normalized spacial score (nSPS) is 10.8. The summed E-state index contributed by atoms with van der Waals surface area (Å²) in [6.45, 7) is 0. The third-order valence-corrected chi connectivity index (χ3v) is 2.85. The van der Waals surface area contributed by atoms with Crippen molar-refractivity contribution >= 4 is 22.0 Å². The van der Waals surface area contributed by atoms with E-state index >= 15 is 0 Å². The quantitative estimate of drug-likeness (QED) is 0.276. The second-order valence-electron chi connectivity index (χ2n) is 3.80. The Hall–Kier alpha value is -2.49. The summed E-state index contributed by atoms with van der Waals surface area (Å²) in [5.74, 6) is 0. The van der Waals surface area contributed by atoms with E-state index in [-0.39, 0.29) is 10.6 Å². The van der Waals surface area contributed by atoms with Crippen molar-refractivity contribution in [2.45, 2.75) is 0 Å².